The number of anilines is 2. The van der Waals surface area contributed by atoms with Gasteiger partial charge in [-0.1, -0.05) is 0 Å². The van der Waals surface area contributed by atoms with Crippen molar-refractivity contribution in [3.63, 3.8) is 0 Å². The Morgan fingerprint density at radius 3 is 2.73 bits per heavy atom. The molecule has 41 heavy (non-hydrogen) atoms. The van der Waals surface area contributed by atoms with E-state index in [1.54, 1.807) is 19.3 Å². The molecule has 6 rings (SSSR count). The first-order chi connectivity index (χ1) is 19.9. The van der Waals surface area contributed by atoms with Crippen LogP contribution in [0, 0.1) is 0 Å². The molecule has 2 aliphatic rings. The number of aliphatic imine (C=N–C) groups is 1. The molecule has 0 unspecified atom stereocenters. The van der Waals surface area contributed by atoms with Crippen molar-refractivity contribution in [1.29, 1.82) is 0 Å². The largest absolute Gasteiger partial charge is 0.477 e. The van der Waals surface area contributed by atoms with Gasteiger partial charge in [0.05, 0.1) is 29.4 Å². The van der Waals surface area contributed by atoms with Gasteiger partial charge >= 0.3 is 0 Å². The lowest BCUT2D eigenvalue weighted by Crippen LogP contribution is -2.44. The van der Waals surface area contributed by atoms with E-state index in [-0.39, 0.29) is 6.04 Å². The van der Waals surface area contributed by atoms with Gasteiger partial charge in [-0.25, -0.2) is 15.0 Å². The normalized spacial score (nSPS) is 20.8. The van der Waals surface area contributed by atoms with Crippen LogP contribution in [0.1, 0.15) is 30.9 Å². The van der Waals surface area contributed by atoms with Gasteiger partial charge in [-0.15, -0.1) is 0 Å². The van der Waals surface area contributed by atoms with Crippen molar-refractivity contribution in [2.45, 2.75) is 25.9 Å². The van der Waals surface area contributed by atoms with Crippen molar-refractivity contribution in [3.8, 4) is 11.4 Å². The number of piperazine rings is 1. The summed E-state index contributed by atoms with van der Waals surface area (Å²) in [6.45, 7) is 7.66. The summed E-state index contributed by atoms with van der Waals surface area (Å²) in [5.74, 6) is 2.03. The molecule has 1 fully saturated rings. The van der Waals surface area contributed by atoms with Crippen molar-refractivity contribution in [2.24, 2.45) is 17.8 Å². The first-order valence-corrected chi connectivity index (χ1v) is 13.9. The van der Waals surface area contributed by atoms with Crippen LogP contribution in [-0.2, 0) is 18.3 Å². The third kappa shape index (κ3) is 5.37. The number of aryl methyl sites for hydroxylation is 1. The summed E-state index contributed by atoms with van der Waals surface area (Å²) in [4.78, 5) is 22.9. The molecule has 3 N–H and O–H groups in total. The highest BCUT2D eigenvalue weighted by Gasteiger charge is 2.23. The maximum absolute atomic E-state index is 6.07. The molecular formula is C28H36N12O. The number of ether oxygens (including phenoxy) is 1. The van der Waals surface area contributed by atoms with Gasteiger partial charge in [-0.3, -0.25) is 19.3 Å². The van der Waals surface area contributed by atoms with Crippen LogP contribution in [0.4, 0.5) is 11.6 Å². The minimum Gasteiger partial charge on any atom is -0.477 e. The van der Waals surface area contributed by atoms with E-state index >= 15 is 0 Å². The van der Waals surface area contributed by atoms with Gasteiger partial charge < -0.3 is 20.7 Å². The highest BCUT2D eigenvalue weighted by Crippen LogP contribution is 2.32. The number of likely N-dealkylation sites (N-methyl/N-ethyl adjacent to an activating group) is 1. The van der Waals surface area contributed by atoms with Gasteiger partial charge in [0.15, 0.2) is 5.82 Å². The lowest BCUT2D eigenvalue weighted by molar-refractivity contribution is 0.145. The molecule has 13 heteroatoms. The van der Waals surface area contributed by atoms with Crippen molar-refractivity contribution in [2.75, 3.05) is 52.2 Å². The Morgan fingerprint density at radius 1 is 1.12 bits per heavy atom. The van der Waals surface area contributed by atoms with Gasteiger partial charge in [-0.05, 0) is 26.1 Å². The first-order valence-electron chi connectivity index (χ1n) is 13.9. The van der Waals surface area contributed by atoms with E-state index in [0.717, 1.165) is 60.7 Å². The second kappa shape index (κ2) is 11.3. The number of nitrogens with two attached hydrogens (primary N) is 1. The smallest absolute Gasteiger partial charge is 0.221 e. The molecule has 4 bridgehead atoms. The highest BCUT2D eigenvalue weighted by atomic mass is 16.5. The van der Waals surface area contributed by atoms with Gasteiger partial charge in [0.25, 0.3) is 0 Å². The second-order valence-electron chi connectivity index (χ2n) is 10.6. The van der Waals surface area contributed by atoms with Crippen molar-refractivity contribution < 1.29 is 4.74 Å². The minimum absolute atomic E-state index is 0.0236. The van der Waals surface area contributed by atoms with Crippen LogP contribution in [0.25, 0.3) is 27.9 Å². The Morgan fingerprint density at radius 2 is 1.95 bits per heavy atom. The summed E-state index contributed by atoms with van der Waals surface area (Å²) < 4.78 is 10.1. The highest BCUT2D eigenvalue weighted by molar-refractivity contribution is 6.18. The van der Waals surface area contributed by atoms with Crippen LogP contribution in [-0.4, -0.2) is 97.1 Å². The Kier molecular flexibility index (Phi) is 7.37. The lowest BCUT2D eigenvalue weighted by Gasteiger charge is -2.32. The summed E-state index contributed by atoms with van der Waals surface area (Å²) in [5.41, 5.74) is 10.2. The number of aromatic nitrogens is 7. The van der Waals surface area contributed by atoms with Crippen LogP contribution in [0.5, 0.6) is 0 Å². The summed E-state index contributed by atoms with van der Waals surface area (Å²) >= 11 is 0. The molecule has 0 aliphatic carbocycles. The zero-order chi connectivity index (χ0) is 28.5. The molecule has 2 aliphatic heterocycles. The van der Waals surface area contributed by atoms with Gasteiger partial charge in [0.2, 0.25) is 5.90 Å². The standard InChI is InChI=1S/C28H36N12O/c1-18-6-12-41-28(30-2)20(15-29)27-31-7-5-24(34-27)33-25-14-23-21(16-32-25)26(36-40(18)23)22-13-19(38(4)35-22)17-39-10-8-37(3)9-11-39/h5,7,13-16,18H,6,8-12,17,29H2,1-4H3,(H,31,32,33,34)/b20-15-,30-28?/t18-/m0/s1. The van der Waals surface area contributed by atoms with E-state index in [9.17, 15) is 0 Å². The number of nitrogens with one attached hydrogen (secondary N) is 1. The number of hydrogen-bond acceptors (Lipinski definition) is 11. The average Bonchev–Trinajstić information content (AvgIpc) is 3.53. The van der Waals surface area contributed by atoms with Crippen molar-refractivity contribution in [3.05, 3.63) is 48.3 Å². The molecule has 6 heterocycles. The molecule has 4 aromatic heterocycles. The Labute approximate surface area is 238 Å². The van der Waals surface area contributed by atoms with Crippen LogP contribution in [0.15, 0.2) is 41.8 Å². The van der Waals surface area contributed by atoms with Crippen LogP contribution in [0.3, 0.4) is 0 Å². The quantitative estimate of drug-likeness (QED) is 0.387. The summed E-state index contributed by atoms with van der Waals surface area (Å²) in [6, 6.07) is 5.96. The number of fused-ring (bicyclic) bond motifs is 3. The molecule has 1 saturated heterocycles. The van der Waals surface area contributed by atoms with Gasteiger partial charge in [-0.2, -0.15) is 10.2 Å². The molecule has 0 aromatic carbocycles. The molecule has 1 atom stereocenters. The van der Waals surface area contributed by atoms with Gasteiger partial charge in [0.1, 0.15) is 23.0 Å². The fourth-order valence-corrected chi connectivity index (χ4v) is 5.27. The third-order valence-corrected chi connectivity index (χ3v) is 7.74. The summed E-state index contributed by atoms with van der Waals surface area (Å²) in [6.07, 6.45) is 5.63. The first kappa shape index (κ1) is 26.8. The second-order valence-corrected chi connectivity index (χ2v) is 10.6. The van der Waals surface area contributed by atoms with Crippen LogP contribution >= 0.6 is 0 Å². The number of rotatable bonds is 3. The third-order valence-electron chi connectivity index (χ3n) is 7.74. The maximum atomic E-state index is 6.07. The monoisotopic (exact) mass is 556 g/mol. The molecular weight excluding hydrogens is 520 g/mol. The molecule has 0 radical (unpaired) electrons. The number of nitrogens with zero attached hydrogens (tertiary/aromatic N) is 10. The average molecular weight is 557 g/mol. The van der Waals surface area contributed by atoms with Gasteiger partial charge in [0, 0.05) is 83.3 Å². The SMILES string of the molecule is CN=C1OCC[C@H](C)n2nc(-c3cc(CN4CCN(C)CC4)n(C)n3)c3cnc(cc32)Nc2ccnc(n2)/C1=C/N. The van der Waals surface area contributed by atoms with Crippen molar-refractivity contribution in [1.82, 2.24) is 44.3 Å². The molecule has 4 aromatic rings. The molecule has 0 amide bonds. The number of pyridine rings is 1. The zero-order valence-corrected chi connectivity index (χ0v) is 23.9. The molecule has 13 nitrogen and oxygen atoms in total. The van der Waals surface area contributed by atoms with E-state index in [0.29, 0.717) is 42.0 Å². The Balaban J connectivity index is 1.38. The number of hydrogen-bond donors (Lipinski definition) is 2. The molecule has 0 spiro atoms. The van der Waals surface area contributed by atoms with E-state index in [1.165, 1.54) is 6.20 Å². The zero-order valence-electron chi connectivity index (χ0n) is 23.9. The van der Waals surface area contributed by atoms with E-state index in [4.69, 9.17) is 25.7 Å². The fraction of sp³-hybridized carbons (Fsp3) is 0.429. The maximum Gasteiger partial charge on any atom is 0.221 e. The van der Waals surface area contributed by atoms with Crippen LogP contribution < -0.4 is 11.1 Å². The van der Waals surface area contributed by atoms with E-state index in [2.05, 4.69) is 50.1 Å². The van der Waals surface area contributed by atoms with E-state index < -0.39 is 0 Å². The summed E-state index contributed by atoms with van der Waals surface area (Å²) in [5, 5.41) is 14.2. The topological polar surface area (TPSA) is 140 Å². The van der Waals surface area contributed by atoms with Crippen molar-refractivity contribution >= 4 is 34.0 Å². The molecule has 0 saturated carbocycles. The van der Waals surface area contributed by atoms with Crippen LogP contribution in [0.2, 0.25) is 0 Å². The predicted molar refractivity (Wildman–Crippen MR) is 159 cm³/mol. The Bertz CT molecular complexity index is 1610. The lowest BCUT2D eigenvalue weighted by atomic mass is 10.2. The predicted octanol–water partition coefficient (Wildman–Crippen LogP) is 2.42. The van der Waals surface area contributed by atoms with E-state index in [1.807, 2.05) is 28.7 Å². The summed E-state index contributed by atoms with van der Waals surface area (Å²) in [7, 11) is 5.84. The fourth-order valence-electron chi connectivity index (χ4n) is 5.27. The molecule has 214 valence electrons. The minimum atomic E-state index is 0.0236. The Hall–Kier alpha value is -4.36.